The average Bonchev–Trinajstić information content (AvgIpc) is 3.24. The fourth-order valence-electron chi connectivity index (χ4n) is 2.59. The van der Waals surface area contributed by atoms with E-state index in [2.05, 4.69) is 10.9 Å². The number of carbonyl (C=O) groups excluding carboxylic acids is 1. The smallest absolute Gasteiger partial charge is 0.286 e. The number of amides is 1. The lowest BCUT2D eigenvalue weighted by Crippen LogP contribution is -2.19. The molecule has 3 aromatic rings. The monoisotopic (exact) mass is 366 g/mol. The summed E-state index contributed by atoms with van der Waals surface area (Å²) in [5, 5.41) is 0. The van der Waals surface area contributed by atoms with Crippen LogP contribution in [0, 0.1) is 12.3 Å². The van der Waals surface area contributed by atoms with Crippen LogP contribution < -0.4 is 19.0 Å². The summed E-state index contributed by atoms with van der Waals surface area (Å²) in [4.78, 5) is 16.9. The summed E-state index contributed by atoms with van der Waals surface area (Å²) in [7, 11) is 0. The van der Waals surface area contributed by atoms with Crippen molar-refractivity contribution in [2.45, 2.75) is 6.54 Å². The largest absolute Gasteiger partial charge is 0.484 e. The molecule has 26 heavy (non-hydrogen) atoms. The van der Waals surface area contributed by atoms with Gasteiger partial charge in [-0.15, -0.1) is 6.42 Å². The second kappa shape index (κ2) is 6.94. The Balaban J connectivity index is 1.66. The van der Waals surface area contributed by atoms with Gasteiger partial charge in [0.15, 0.2) is 22.9 Å². The summed E-state index contributed by atoms with van der Waals surface area (Å²) >= 11 is 1.37. The van der Waals surface area contributed by atoms with Crippen LogP contribution in [0.3, 0.4) is 0 Å². The number of rotatable bonds is 4. The van der Waals surface area contributed by atoms with Crippen LogP contribution in [0.5, 0.6) is 17.2 Å². The molecule has 0 fully saturated rings. The third-order valence-corrected chi connectivity index (χ3v) is 4.79. The van der Waals surface area contributed by atoms with Gasteiger partial charge in [0.25, 0.3) is 5.91 Å². The summed E-state index contributed by atoms with van der Waals surface area (Å²) in [6.45, 7) is 0.358. The molecule has 0 unspecified atom stereocenters. The molecule has 0 atom stereocenters. The number of ether oxygens (including phenoxy) is 3. The Bertz CT molecular complexity index is 1080. The standard InChI is InChI=1S/C19H14N2O4S/c1-2-8-21-14-9-15-16(25-12-24-15)10-17(14)26-19(21)20-18(22)11-23-13-6-4-3-5-7-13/h1,3-7,9-10H,8,11-12H2. The predicted molar refractivity (Wildman–Crippen MR) is 97.3 cm³/mol. The quantitative estimate of drug-likeness (QED) is 0.666. The molecule has 1 aliphatic rings. The van der Waals surface area contributed by atoms with E-state index < -0.39 is 0 Å². The topological polar surface area (TPSA) is 62.1 Å². The Kier molecular flexibility index (Phi) is 4.33. The molecule has 1 aliphatic heterocycles. The Morgan fingerprint density at radius 2 is 2.04 bits per heavy atom. The number of terminal acetylenes is 1. The zero-order valence-electron chi connectivity index (χ0n) is 13.7. The van der Waals surface area contributed by atoms with Gasteiger partial charge in [0, 0.05) is 12.1 Å². The van der Waals surface area contributed by atoms with E-state index in [-0.39, 0.29) is 19.3 Å². The fourth-order valence-corrected chi connectivity index (χ4v) is 3.65. The van der Waals surface area contributed by atoms with Crippen LogP contribution in [0.25, 0.3) is 10.2 Å². The number of thiazole rings is 1. The van der Waals surface area contributed by atoms with E-state index in [1.807, 2.05) is 34.9 Å². The molecule has 0 bridgehead atoms. The predicted octanol–water partition coefficient (Wildman–Crippen LogP) is 2.57. The average molecular weight is 366 g/mol. The lowest BCUT2D eigenvalue weighted by atomic mass is 10.3. The normalized spacial score (nSPS) is 13.0. The van der Waals surface area contributed by atoms with Crippen molar-refractivity contribution < 1.29 is 19.0 Å². The van der Waals surface area contributed by atoms with E-state index in [9.17, 15) is 4.79 Å². The third-order valence-electron chi connectivity index (χ3n) is 3.75. The summed E-state index contributed by atoms with van der Waals surface area (Å²) in [6.07, 6.45) is 5.48. The molecule has 0 saturated heterocycles. The van der Waals surface area contributed by atoms with Crippen molar-refractivity contribution >= 4 is 27.5 Å². The number of hydrogen-bond donors (Lipinski definition) is 0. The Labute approximate surface area is 153 Å². The van der Waals surface area contributed by atoms with Gasteiger partial charge in [-0.1, -0.05) is 35.5 Å². The summed E-state index contributed by atoms with van der Waals surface area (Å²) < 4.78 is 19.0. The Morgan fingerprint density at radius 3 is 2.81 bits per heavy atom. The molecule has 0 radical (unpaired) electrons. The van der Waals surface area contributed by atoms with Gasteiger partial charge < -0.3 is 18.8 Å². The molecular weight excluding hydrogens is 352 g/mol. The van der Waals surface area contributed by atoms with Crippen molar-refractivity contribution in [3.63, 3.8) is 0 Å². The highest BCUT2D eigenvalue weighted by Gasteiger charge is 2.17. The van der Waals surface area contributed by atoms with Crippen molar-refractivity contribution in [2.24, 2.45) is 4.99 Å². The minimum Gasteiger partial charge on any atom is -0.484 e. The molecule has 0 saturated carbocycles. The first-order chi connectivity index (χ1) is 12.7. The summed E-state index contributed by atoms with van der Waals surface area (Å²) in [5.74, 6) is 4.17. The Morgan fingerprint density at radius 1 is 1.27 bits per heavy atom. The molecule has 4 rings (SSSR count). The van der Waals surface area contributed by atoms with Crippen LogP contribution in [-0.4, -0.2) is 23.9 Å². The van der Waals surface area contributed by atoms with Crippen molar-refractivity contribution in [3.8, 4) is 29.6 Å². The van der Waals surface area contributed by atoms with Gasteiger partial charge in [-0.05, 0) is 12.1 Å². The van der Waals surface area contributed by atoms with Crippen LogP contribution in [-0.2, 0) is 11.3 Å². The lowest BCUT2D eigenvalue weighted by molar-refractivity contribution is -0.120. The van der Waals surface area contributed by atoms with E-state index in [0.717, 1.165) is 10.2 Å². The van der Waals surface area contributed by atoms with Gasteiger partial charge in [0.1, 0.15) is 5.75 Å². The number of aromatic nitrogens is 1. The maximum Gasteiger partial charge on any atom is 0.286 e. The molecule has 0 N–H and O–H groups in total. The lowest BCUT2D eigenvalue weighted by Gasteiger charge is -2.03. The van der Waals surface area contributed by atoms with Gasteiger partial charge in [0.05, 0.1) is 16.8 Å². The van der Waals surface area contributed by atoms with Gasteiger partial charge in [-0.3, -0.25) is 4.79 Å². The van der Waals surface area contributed by atoms with Crippen LogP contribution in [0.1, 0.15) is 0 Å². The Hall–Kier alpha value is -3.24. The molecule has 1 amide bonds. The zero-order chi connectivity index (χ0) is 17.9. The maximum absolute atomic E-state index is 12.2. The first kappa shape index (κ1) is 16.2. The molecule has 1 aromatic heterocycles. The molecule has 7 heteroatoms. The fraction of sp³-hybridized carbons (Fsp3) is 0.158. The minimum absolute atomic E-state index is 0.142. The van der Waals surface area contributed by atoms with E-state index in [4.69, 9.17) is 20.6 Å². The number of nitrogens with zero attached hydrogens (tertiary/aromatic N) is 2. The van der Waals surface area contributed by atoms with Crippen LogP contribution in [0.4, 0.5) is 0 Å². The van der Waals surface area contributed by atoms with Gasteiger partial charge in [-0.2, -0.15) is 4.99 Å². The third kappa shape index (κ3) is 3.15. The zero-order valence-corrected chi connectivity index (χ0v) is 14.5. The van der Waals surface area contributed by atoms with Crippen LogP contribution >= 0.6 is 11.3 Å². The van der Waals surface area contributed by atoms with Gasteiger partial charge in [-0.25, -0.2) is 0 Å². The molecule has 130 valence electrons. The second-order valence-electron chi connectivity index (χ2n) is 5.46. The first-order valence-corrected chi connectivity index (χ1v) is 8.68. The van der Waals surface area contributed by atoms with Gasteiger partial charge in [0.2, 0.25) is 6.79 Å². The highest BCUT2D eigenvalue weighted by atomic mass is 32.1. The number of benzene rings is 2. The number of hydrogen-bond acceptors (Lipinski definition) is 5. The van der Waals surface area contributed by atoms with Crippen molar-refractivity contribution in [1.29, 1.82) is 0 Å². The summed E-state index contributed by atoms with van der Waals surface area (Å²) in [6, 6.07) is 12.9. The molecule has 6 nitrogen and oxygen atoms in total. The number of carbonyl (C=O) groups is 1. The SMILES string of the molecule is C#CCn1c(=NC(=O)COc2ccccc2)sc2cc3c(cc21)OCO3. The van der Waals surface area contributed by atoms with Crippen molar-refractivity contribution in [2.75, 3.05) is 13.4 Å². The molecule has 0 spiro atoms. The highest BCUT2D eigenvalue weighted by molar-refractivity contribution is 7.16. The number of para-hydroxylation sites is 1. The van der Waals surface area contributed by atoms with E-state index >= 15 is 0 Å². The van der Waals surface area contributed by atoms with E-state index in [1.54, 1.807) is 12.1 Å². The molecule has 0 aliphatic carbocycles. The maximum atomic E-state index is 12.2. The minimum atomic E-state index is -0.383. The molecule has 2 aromatic carbocycles. The van der Waals surface area contributed by atoms with Crippen molar-refractivity contribution in [1.82, 2.24) is 4.57 Å². The van der Waals surface area contributed by atoms with E-state index in [1.165, 1.54) is 11.3 Å². The first-order valence-electron chi connectivity index (χ1n) is 7.86. The van der Waals surface area contributed by atoms with E-state index in [0.29, 0.717) is 28.6 Å². The van der Waals surface area contributed by atoms with Gasteiger partial charge >= 0.3 is 0 Å². The summed E-state index contributed by atoms with van der Waals surface area (Å²) in [5.41, 5.74) is 0.854. The molecule has 2 heterocycles. The van der Waals surface area contributed by atoms with Crippen LogP contribution in [0.2, 0.25) is 0 Å². The highest BCUT2D eigenvalue weighted by Crippen LogP contribution is 2.36. The van der Waals surface area contributed by atoms with Crippen molar-refractivity contribution in [3.05, 3.63) is 47.3 Å². The van der Waals surface area contributed by atoms with Crippen LogP contribution in [0.15, 0.2) is 47.5 Å². The second-order valence-corrected chi connectivity index (χ2v) is 6.46. The molecular formula is C19H14N2O4S. The number of fused-ring (bicyclic) bond motifs is 2.